The summed E-state index contributed by atoms with van der Waals surface area (Å²) in [7, 11) is 0. The Hall–Kier alpha value is -1.82. The molecule has 0 unspecified atom stereocenters. The van der Waals surface area contributed by atoms with Crippen LogP contribution in [-0.4, -0.2) is 28.8 Å². The fourth-order valence-electron chi connectivity index (χ4n) is 1.90. The molecule has 2 amide bonds. The zero-order valence-corrected chi connectivity index (χ0v) is 13.9. The Balaban J connectivity index is 1.87. The van der Waals surface area contributed by atoms with E-state index in [1.54, 1.807) is 0 Å². The van der Waals surface area contributed by atoms with Crippen molar-refractivity contribution < 1.29 is 9.59 Å². The highest BCUT2D eigenvalue weighted by Crippen LogP contribution is 2.23. The van der Waals surface area contributed by atoms with E-state index in [2.05, 4.69) is 29.5 Å². The number of amides is 2. The fraction of sp³-hybridized carbons (Fsp3) is 0.438. The molecule has 0 radical (unpaired) electrons. The standard InChI is InChI=1S/C16H21N3O2S/c1-10(2)9-17-16-19-15(21)13(22-16)8-14(20)18-12-6-4-11(3)5-7-12/h4-7,10,13H,8-9H2,1-3H3,(H,18,20)(H,17,19,21)/t13-/m0/s1. The molecule has 6 heteroatoms. The van der Waals surface area contributed by atoms with E-state index in [1.165, 1.54) is 11.8 Å². The summed E-state index contributed by atoms with van der Waals surface area (Å²) < 4.78 is 0. The van der Waals surface area contributed by atoms with Gasteiger partial charge in [0, 0.05) is 18.7 Å². The van der Waals surface area contributed by atoms with Gasteiger partial charge in [-0.15, -0.1) is 0 Å². The van der Waals surface area contributed by atoms with Crippen LogP contribution >= 0.6 is 11.8 Å². The van der Waals surface area contributed by atoms with E-state index in [1.807, 2.05) is 31.2 Å². The van der Waals surface area contributed by atoms with Crippen molar-refractivity contribution in [3.05, 3.63) is 29.8 Å². The van der Waals surface area contributed by atoms with Gasteiger partial charge in [-0.05, 0) is 25.0 Å². The Labute approximate surface area is 135 Å². The van der Waals surface area contributed by atoms with E-state index in [0.29, 0.717) is 17.6 Å². The van der Waals surface area contributed by atoms with Crippen LogP contribution in [0.15, 0.2) is 29.3 Å². The number of benzene rings is 1. The summed E-state index contributed by atoms with van der Waals surface area (Å²) in [5.41, 5.74) is 1.88. The number of rotatable bonds is 5. The van der Waals surface area contributed by atoms with E-state index in [0.717, 1.165) is 11.3 Å². The predicted molar refractivity (Wildman–Crippen MR) is 91.1 cm³/mol. The third-order valence-electron chi connectivity index (χ3n) is 3.08. The maximum atomic E-state index is 12.0. The minimum Gasteiger partial charge on any atom is -0.326 e. The Bertz CT molecular complexity index is 582. The molecule has 1 aliphatic heterocycles. The topological polar surface area (TPSA) is 70.6 Å². The Kier molecular flexibility index (Phi) is 5.60. The number of nitrogens with zero attached hydrogens (tertiary/aromatic N) is 1. The number of anilines is 1. The summed E-state index contributed by atoms with van der Waals surface area (Å²) in [6, 6.07) is 7.57. The largest absolute Gasteiger partial charge is 0.326 e. The van der Waals surface area contributed by atoms with Crippen LogP contribution in [-0.2, 0) is 9.59 Å². The second-order valence-electron chi connectivity index (χ2n) is 5.75. The Morgan fingerprint density at radius 2 is 2.05 bits per heavy atom. The highest BCUT2D eigenvalue weighted by Gasteiger charge is 2.31. The highest BCUT2D eigenvalue weighted by atomic mass is 32.2. The summed E-state index contributed by atoms with van der Waals surface area (Å²) >= 11 is 1.33. The smallest absolute Gasteiger partial charge is 0.240 e. The van der Waals surface area contributed by atoms with Gasteiger partial charge < -0.3 is 10.6 Å². The molecule has 1 aromatic carbocycles. The Morgan fingerprint density at radius 3 is 2.68 bits per heavy atom. The fourth-order valence-corrected chi connectivity index (χ4v) is 2.88. The van der Waals surface area contributed by atoms with E-state index in [-0.39, 0.29) is 18.2 Å². The molecule has 1 heterocycles. The quantitative estimate of drug-likeness (QED) is 0.876. The molecule has 22 heavy (non-hydrogen) atoms. The maximum absolute atomic E-state index is 12.0. The maximum Gasteiger partial charge on any atom is 0.240 e. The van der Waals surface area contributed by atoms with Crippen molar-refractivity contribution in [1.82, 2.24) is 5.32 Å². The van der Waals surface area contributed by atoms with Gasteiger partial charge in [0.25, 0.3) is 0 Å². The van der Waals surface area contributed by atoms with Crippen molar-refractivity contribution in [2.24, 2.45) is 10.9 Å². The normalized spacial score (nSPS) is 19.5. The molecular weight excluding hydrogens is 298 g/mol. The lowest BCUT2D eigenvalue weighted by molar-refractivity contribution is -0.122. The average Bonchev–Trinajstić information content (AvgIpc) is 2.79. The van der Waals surface area contributed by atoms with Gasteiger partial charge in [0.1, 0.15) is 5.25 Å². The number of hydrogen-bond acceptors (Lipinski definition) is 4. The third-order valence-corrected chi connectivity index (χ3v) is 4.20. The minimum atomic E-state index is -0.406. The molecule has 0 aliphatic carbocycles. The first-order chi connectivity index (χ1) is 10.4. The molecular formula is C16H21N3O2S. The molecule has 5 nitrogen and oxygen atoms in total. The number of carbonyl (C=O) groups is 2. The van der Waals surface area contributed by atoms with Crippen LogP contribution in [0.5, 0.6) is 0 Å². The highest BCUT2D eigenvalue weighted by molar-refractivity contribution is 8.15. The van der Waals surface area contributed by atoms with Crippen LogP contribution in [0.4, 0.5) is 5.69 Å². The number of carbonyl (C=O) groups excluding carboxylic acids is 2. The molecule has 0 saturated carbocycles. The SMILES string of the molecule is Cc1ccc(NC(=O)C[C@@H]2SC(=NCC(C)C)NC2=O)cc1. The molecule has 0 bridgehead atoms. The second kappa shape index (κ2) is 7.45. The van der Waals surface area contributed by atoms with Gasteiger partial charge in [0.15, 0.2) is 5.17 Å². The van der Waals surface area contributed by atoms with Gasteiger partial charge in [0.05, 0.1) is 0 Å². The van der Waals surface area contributed by atoms with E-state index >= 15 is 0 Å². The van der Waals surface area contributed by atoms with Gasteiger partial charge in [-0.3, -0.25) is 14.6 Å². The van der Waals surface area contributed by atoms with Crippen molar-refractivity contribution in [2.75, 3.05) is 11.9 Å². The van der Waals surface area contributed by atoms with Crippen LogP contribution in [0.3, 0.4) is 0 Å². The van der Waals surface area contributed by atoms with Crippen LogP contribution in [0.25, 0.3) is 0 Å². The second-order valence-corrected chi connectivity index (χ2v) is 6.95. The minimum absolute atomic E-state index is 0.144. The average molecular weight is 319 g/mol. The van der Waals surface area contributed by atoms with Crippen LogP contribution in [0.2, 0.25) is 0 Å². The van der Waals surface area contributed by atoms with Crippen molar-refractivity contribution in [1.29, 1.82) is 0 Å². The molecule has 1 aromatic rings. The zero-order valence-electron chi connectivity index (χ0n) is 13.1. The van der Waals surface area contributed by atoms with Crippen LogP contribution in [0.1, 0.15) is 25.8 Å². The molecule has 118 valence electrons. The number of thioether (sulfide) groups is 1. The van der Waals surface area contributed by atoms with Gasteiger partial charge in [0.2, 0.25) is 11.8 Å². The van der Waals surface area contributed by atoms with Gasteiger partial charge in [-0.25, -0.2) is 0 Å². The molecule has 2 rings (SSSR count). The van der Waals surface area contributed by atoms with Gasteiger partial charge in [-0.1, -0.05) is 43.3 Å². The van der Waals surface area contributed by atoms with Crippen molar-refractivity contribution in [3.8, 4) is 0 Å². The molecule has 2 N–H and O–H groups in total. The first-order valence-corrected chi connectivity index (χ1v) is 8.20. The monoisotopic (exact) mass is 319 g/mol. The molecule has 0 aromatic heterocycles. The van der Waals surface area contributed by atoms with E-state index in [4.69, 9.17) is 0 Å². The first-order valence-electron chi connectivity index (χ1n) is 7.32. The number of aryl methyl sites for hydroxylation is 1. The van der Waals surface area contributed by atoms with Gasteiger partial charge >= 0.3 is 0 Å². The molecule has 1 saturated heterocycles. The number of aliphatic imine (C=N–C) groups is 1. The molecule has 0 spiro atoms. The first kappa shape index (κ1) is 16.5. The summed E-state index contributed by atoms with van der Waals surface area (Å²) in [4.78, 5) is 28.2. The zero-order chi connectivity index (χ0) is 16.1. The molecule has 1 aliphatic rings. The summed E-state index contributed by atoms with van der Waals surface area (Å²) in [6.45, 7) is 6.80. The molecule has 1 atom stereocenters. The van der Waals surface area contributed by atoms with Crippen molar-refractivity contribution in [2.45, 2.75) is 32.4 Å². The number of nitrogens with one attached hydrogen (secondary N) is 2. The molecule has 1 fully saturated rings. The van der Waals surface area contributed by atoms with E-state index in [9.17, 15) is 9.59 Å². The predicted octanol–water partition coefficient (Wildman–Crippen LogP) is 2.57. The van der Waals surface area contributed by atoms with Gasteiger partial charge in [-0.2, -0.15) is 0 Å². The lowest BCUT2D eigenvalue weighted by Crippen LogP contribution is -2.28. The van der Waals surface area contributed by atoms with Crippen LogP contribution < -0.4 is 10.6 Å². The number of hydrogen-bond donors (Lipinski definition) is 2. The summed E-state index contributed by atoms with van der Waals surface area (Å²) in [5, 5.41) is 5.75. The van der Waals surface area contributed by atoms with Crippen LogP contribution in [0, 0.1) is 12.8 Å². The third kappa shape index (κ3) is 4.87. The number of amidine groups is 1. The van der Waals surface area contributed by atoms with Crippen molar-refractivity contribution in [3.63, 3.8) is 0 Å². The van der Waals surface area contributed by atoms with Crippen molar-refractivity contribution >= 4 is 34.4 Å². The lowest BCUT2D eigenvalue weighted by Gasteiger charge is -2.07. The van der Waals surface area contributed by atoms with E-state index < -0.39 is 5.25 Å². The Morgan fingerprint density at radius 1 is 1.36 bits per heavy atom. The summed E-state index contributed by atoms with van der Waals surface area (Å²) in [6.07, 6.45) is 0.144. The lowest BCUT2D eigenvalue weighted by atomic mass is 10.2. The summed E-state index contributed by atoms with van der Waals surface area (Å²) in [5.74, 6) is 0.127.